The number of esters is 2. The predicted octanol–water partition coefficient (Wildman–Crippen LogP) is 1.06. The third kappa shape index (κ3) is 7.05. The van der Waals surface area contributed by atoms with Gasteiger partial charge in [-0.1, -0.05) is 5.57 Å². The largest absolute Gasteiger partial charge is 0.469 e. The molecule has 0 aliphatic carbocycles. The normalized spacial score (nSPS) is 8.85. The maximum Gasteiger partial charge on any atom is 0.317 e. The summed E-state index contributed by atoms with van der Waals surface area (Å²) in [7, 11) is 1.23. The molecule has 0 fully saturated rings. The molecule has 0 atom stereocenters. The molecule has 0 saturated carbocycles. The first kappa shape index (κ1) is 11.7. The van der Waals surface area contributed by atoms with Gasteiger partial charge in [-0.25, -0.2) is 0 Å². The molecule has 4 nitrogen and oxygen atoms in total. The van der Waals surface area contributed by atoms with Gasteiger partial charge in [0.05, 0.1) is 7.11 Å². The van der Waals surface area contributed by atoms with Gasteiger partial charge in [0, 0.05) is 0 Å². The summed E-state index contributed by atoms with van der Waals surface area (Å²) >= 11 is 0. The van der Waals surface area contributed by atoms with Crippen LogP contribution in [0.5, 0.6) is 0 Å². The molecule has 0 heterocycles. The van der Waals surface area contributed by atoms with Gasteiger partial charge in [-0.05, 0) is 19.9 Å². The number of rotatable bonds is 4. The highest BCUT2D eigenvalue weighted by molar-refractivity contribution is 5.91. The van der Waals surface area contributed by atoms with Gasteiger partial charge in [-0.3, -0.25) is 9.59 Å². The number of ether oxygens (including phenoxy) is 2. The highest BCUT2D eigenvalue weighted by Crippen LogP contribution is 1.92. The van der Waals surface area contributed by atoms with E-state index in [0.717, 1.165) is 5.57 Å². The minimum absolute atomic E-state index is 0.207. The molecule has 74 valence electrons. The highest BCUT2D eigenvalue weighted by atomic mass is 16.5. The molecule has 0 aromatic carbocycles. The van der Waals surface area contributed by atoms with E-state index in [4.69, 9.17) is 4.74 Å². The van der Waals surface area contributed by atoms with E-state index in [-0.39, 0.29) is 13.0 Å². The third-order valence-electron chi connectivity index (χ3n) is 1.25. The van der Waals surface area contributed by atoms with Crippen LogP contribution in [-0.4, -0.2) is 25.7 Å². The van der Waals surface area contributed by atoms with Crippen LogP contribution < -0.4 is 0 Å². The monoisotopic (exact) mass is 186 g/mol. The molecule has 0 aliphatic heterocycles. The summed E-state index contributed by atoms with van der Waals surface area (Å²) < 4.78 is 9.00. The Kier molecular flexibility index (Phi) is 5.59. The van der Waals surface area contributed by atoms with E-state index >= 15 is 0 Å². The zero-order valence-corrected chi connectivity index (χ0v) is 8.12. The van der Waals surface area contributed by atoms with Crippen molar-refractivity contribution in [1.82, 2.24) is 0 Å². The van der Waals surface area contributed by atoms with E-state index in [9.17, 15) is 9.59 Å². The standard InChI is InChI=1S/C9H14O4/c1-7(2)4-5-13-9(11)6-8(10)12-3/h4H,5-6H2,1-3H3. The molecule has 0 saturated heterocycles. The second-order valence-electron chi connectivity index (χ2n) is 2.72. The Morgan fingerprint density at radius 2 is 1.85 bits per heavy atom. The zero-order valence-electron chi connectivity index (χ0n) is 8.12. The molecular weight excluding hydrogens is 172 g/mol. The topological polar surface area (TPSA) is 52.6 Å². The summed E-state index contributed by atoms with van der Waals surface area (Å²) in [4.78, 5) is 21.4. The lowest BCUT2D eigenvalue weighted by molar-refractivity contribution is -0.152. The van der Waals surface area contributed by atoms with Crippen molar-refractivity contribution in [1.29, 1.82) is 0 Å². The van der Waals surface area contributed by atoms with Crippen LogP contribution in [-0.2, 0) is 19.1 Å². The van der Waals surface area contributed by atoms with Gasteiger partial charge in [0.1, 0.15) is 13.0 Å². The number of methoxy groups -OCH3 is 1. The number of hydrogen-bond acceptors (Lipinski definition) is 4. The summed E-state index contributed by atoms with van der Waals surface area (Å²) in [5.74, 6) is -1.15. The minimum Gasteiger partial charge on any atom is -0.469 e. The minimum atomic E-state index is -0.581. The molecule has 0 N–H and O–H groups in total. The van der Waals surface area contributed by atoms with E-state index in [1.807, 2.05) is 13.8 Å². The summed E-state index contributed by atoms with van der Waals surface area (Å²) in [6.07, 6.45) is 1.43. The molecule has 0 aromatic heterocycles. The first-order valence-corrected chi connectivity index (χ1v) is 3.92. The van der Waals surface area contributed by atoms with E-state index < -0.39 is 11.9 Å². The highest BCUT2D eigenvalue weighted by Gasteiger charge is 2.09. The maximum absolute atomic E-state index is 10.8. The molecule has 0 bridgehead atoms. The van der Waals surface area contributed by atoms with Crippen LogP contribution in [0.4, 0.5) is 0 Å². The van der Waals surface area contributed by atoms with Crippen molar-refractivity contribution >= 4 is 11.9 Å². The average molecular weight is 186 g/mol. The van der Waals surface area contributed by atoms with Gasteiger partial charge in [0.2, 0.25) is 0 Å². The predicted molar refractivity (Wildman–Crippen MR) is 47.0 cm³/mol. The van der Waals surface area contributed by atoms with Crippen molar-refractivity contribution < 1.29 is 19.1 Å². The fraction of sp³-hybridized carbons (Fsp3) is 0.556. The first-order chi connectivity index (χ1) is 6.06. The van der Waals surface area contributed by atoms with Crippen molar-refractivity contribution in [3.63, 3.8) is 0 Å². The number of allylic oxidation sites excluding steroid dienone is 1. The molecule has 0 amide bonds. The number of carbonyl (C=O) groups excluding carboxylic acids is 2. The molecule has 0 rings (SSSR count). The molecule has 4 heteroatoms. The Balaban J connectivity index is 3.64. The van der Waals surface area contributed by atoms with E-state index in [2.05, 4.69) is 4.74 Å². The van der Waals surface area contributed by atoms with Crippen LogP contribution in [0.3, 0.4) is 0 Å². The second-order valence-corrected chi connectivity index (χ2v) is 2.72. The molecule has 0 spiro atoms. The summed E-state index contributed by atoms with van der Waals surface area (Å²) in [5, 5.41) is 0. The summed E-state index contributed by atoms with van der Waals surface area (Å²) in [6, 6.07) is 0. The van der Waals surface area contributed by atoms with Crippen LogP contribution in [0.1, 0.15) is 20.3 Å². The zero-order chi connectivity index (χ0) is 10.3. The lowest BCUT2D eigenvalue weighted by Gasteiger charge is -2.00. The Hall–Kier alpha value is -1.32. The first-order valence-electron chi connectivity index (χ1n) is 3.92. The van der Waals surface area contributed by atoms with E-state index in [0.29, 0.717) is 0 Å². The van der Waals surface area contributed by atoms with Gasteiger partial charge in [0.25, 0.3) is 0 Å². The Bertz CT molecular complexity index is 214. The van der Waals surface area contributed by atoms with E-state index in [1.54, 1.807) is 6.08 Å². The summed E-state index contributed by atoms with van der Waals surface area (Å²) in [6.45, 7) is 4.00. The molecular formula is C9H14O4. The number of hydrogen-bond donors (Lipinski definition) is 0. The quantitative estimate of drug-likeness (QED) is 0.374. The lowest BCUT2D eigenvalue weighted by atomic mass is 10.3. The van der Waals surface area contributed by atoms with Gasteiger partial charge in [0.15, 0.2) is 0 Å². The van der Waals surface area contributed by atoms with Crippen LogP contribution >= 0.6 is 0 Å². The van der Waals surface area contributed by atoms with Crippen molar-refractivity contribution in [2.45, 2.75) is 20.3 Å². The average Bonchev–Trinajstić information content (AvgIpc) is 2.03. The van der Waals surface area contributed by atoms with Crippen LogP contribution in [0.2, 0.25) is 0 Å². The van der Waals surface area contributed by atoms with Gasteiger partial charge >= 0.3 is 11.9 Å². The Labute approximate surface area is 77.5 Å². The molecule has 0 aromatic rings. The SMILES string of the molecule is COC(=O)CC(=O)OCC=C(C)C. The van der Waals surface area contributed by atoms with Crippen molar-refractivity contribution in [2.75, 3.05) is 13.7 Å². The Morgan fingerprint density at radius 3 is 2.31 bits per heavy atom. The van der Waals surface area contributed by atoms with Gasteiger partial charge in [-0.2, -0.15) is 0 Å². The fourth-order valence-corrected chi connectivity index (χ4v) is 0.542. The van der Waals surface area contributed by atoms with Crippen LogP contribution in [0.15, 0.2) is 11.6 Å². The third-order valence-corrected chi connectivity index (χ3v) is 1.25. The second kappa shape index (κ2) is 6.22. The molecule has 0 aliphatic rings. The van der Waals surface area contributed by atoms with E-state index in [1.165, 1.54) is 7.11 Å². The van der Waals surface area contributed by atoms with Crippen LogP contribution in [0.25, 0.3) is 0 Å². The summed E-state index contributed by atoms with van der Waals surface area (Å²) in [5.41, 5.74) is 1.06. The smallest absolute Gasteiger partial charge is 0.317 e. The van der Waals surface area contributed by atoms with Crippen molar-refractivity contribution in [2.24, 2.45) is 0 Å². The lowest BCUT2D eigenvalue weighted by Crippen LogP contribution is -2.12. The van der Waals surface area contributed by atoms with Crippen molar-refractivity contribution in [3.8, 4) is 0 Å². The number of carbonyl (C=O) groups is 2. The van der Waals surface area contributed by atoms with Gasteiger partial charge in [-0.15, -0.1) is 0 Å². The van der Waals surface area contributed by atoms with Crippen LogP contribution in [0, 0.1) is 0 Å². The fourth-order valence-electron chi connectivity index (χ4n) is 0.542. The van der Waals surface area contributed by atoms with Crippen molar-refractivity contribution in [3.05, 3.63) is 11.6 Å². The molecule has 13 heavy (non-hydrogen) atoms. The molecule has 0 radical (unpaired) electrons. The maximum atomic E-state index is 10.8. The molecule has 0 unspecified atom stereocenters. The Morgan fingerprint density at radius 1 is 1.23 bits per heavy atom. The van der Waals surface area contributed by atoms with Gasteiger partial charge < -0.3 is 9.47 Å².